The van der Waals surface area contributed by atoms with E-state index in [0.717, 1.165) is 5.69 Å². The van der Waals surface area contributed by atoms with Crippen molar-refractivity contribution >= 4 is 29.0 Å². The second-order valence-electron chi connectivity index (χ2n) is 4.90. The van der Waals surface area contributed by atoms with Crippen LogP contribution in [0.2, 0.25) is 0 Å². The molecule has 2 heterocycles. The van der Waals surface area contributed by atoms with Crippen molar-refractivity contribution in [2.75, 3.05) is 5.75 Å². The van der Waals surface area contributed by atoms with Gasteiger partial charge in [0.1, 0.15) is 6.33 Å². The van der Waals surface area contributed by atoms with Gasteiger partial charge in [0.15, 0.2) is 0 Å². The zero-order valence-electron chi connectivity index (χ0n) is 12.6. The van der Waals surface area contributed by atoms with Gasteiger partial charge in [0.2, 0.25) is 11.1 Å². The Bertz CT molecular complexity index is 782. The Hall–Kier alpha value is -2.12. The van der Waals surface area contributed by atoms with Gasteiger partial charge in [0.25, 0.3) is 0 Å². The summed E-state index contributed by atoms with van der Waals surface area (Å²) in [5.74, 6) is 0.294. The quantitative estimate of drug-likeness (QED) is 0.698. The average Bonchev–Trinajstić information content (AvgIpc) is 3.21. The van der Waals surface area contributed by atoms with Crippen molar-refractivity contribution in [3.05, 3.63) is 58.5 Å². The summed E-state index contributed by atoms with van der Waals surface area (Å²) in [6.45, 7) is 2.63. The van der Waals surface area contributed by atoms with Crippen LogP contribution < -0.4 is 5.32 Å². The van der Waals surface area contributed by atoms with E-state index in [1.807, 2.05) is 42.6 Å². The minimum absolute atomic E-state index is 0.0149. The number of nitrogens with one attached hydrogen (secondary N) is 1. The smallest absolute Gasteiger partial charge is 0.230 e. The van der Waals surface area contributed by atoms with E-state index in [9.17, 15) is 4.79 Å². The van der Waals surface area contributed by atoms with Gasteiger partial charge < -0.3 is 5.32 Å². The first-order valence-electron chi connectivity index (χ1n) is 7.12. The molecule has 7 heteroatoms. The molecule has 0 radical (unpaired) electrons. The molecule has 0 saturated carbocycles. The van der Waals surface area contributed by atoms with Gasteiger partial charge in [-0.15, -0.1) is 16.4 Å². The Kier molecular flexibility index (Phi) is 5.09. The summed E-state index contributed by atoms with van der Waals surface area (Å²) in [4.78, 5) is 17.3. The third kappa shape index (κ3) is 4.20. The maximum Gasteiger partial charge on any atom is 0.230 e. The molecule has 1 aromatic carbocycles. The van der Waals surface area contributed by atoms with Crippen LogP contribution in [0.3, 0.4) is 0 Å². The molecule has 0 unspecified atom stereocenters. The number of carbonyl (C=O) groups is 1. The highest BCUT2D eigenvalue weighted by molar-refractivity contribution is 7.99. The molecule has 2 aromatic heterocycles. The van der Waals surface area contributed by atoms with Crippen LogP contribution in [-0.4, -0.2) is 26.4 Å². The maximum absolute atomic E-state index is 11.9. The van der Waals surface area contributed by atoms with E-state index in [4.69, 9.17) is 0 Å². The molecule has 0 aliphatic heterocycles. The number of thioether (sulfide) groups is 1. The minimum atomic E-state index is -0.0149. The largest absolute Gasteiger partial charge is 0.350 e. The van der Waals surface area contributed by atoms with Crippen LogP contribution in [0.1, 0.15) is 10.4 Å². The summed E-state index contributed by atoms with van der Waals surface area (Å²) in [5.41, 5.74) is 2.16. The third-order valence-corrected chi connectivity index (χ3v) is 5.11. The molecule has 5 nitrogen and oxygen atoms in total. The van der Waals surface area contributed by atoms with Crippen LogP contribution in [0, 0.1) is 6.92 Å². The van der Waals surface area contributed by atoms with Crippen molar-refractivity contribution in [2.24, 2.45) is 0 Å². The first-order valence-corrected chi connectivity index (χ1v) is 8.98. The van der Waals surface area contributed by atoms with E-state index in [2.05, 4.69) is 21.5 Å². The zero-order chi connectivity index (χ0) is 16.1. The van der Waals surface area contributed by atoms with Gasteiger partial charge in [-0.2, -0.15) is 0 Å². The van der Waals surface area contributed by atoms with Gasteiger partial charge in [-0.25, -0.2) is 9.67 Å². The molecule has 3 aromatic rings. The summed E-state index contributed by atoms with van der Waals surface area (Å²) >= 11 is 2.99. The fraction of sp³-hybridized carbons (Fsp3) is 0.188. The van der Waals surface area contributed by atoms with Crippen molar-refractivity contribution in [3.63, 3.8) is 0 Å². The Morgan fingerprint density at radius 3 is 2.87 bits per heavy atom. The zero-order valence-corrected chi connectivity index (χ0v) is 14.2. The summed E-state index contributed by atoms with van der Waals surface area (Å²) in [6.07, 6.45) is 1.66. The average molecular weight is 344 g/mol. The van der Waals surface area contributed by atoms with Crippen molar-refractivity contribution < 1.29 is 4.79 Å². The van der Waals surface area contributed by atoms with Gasteiger partial charge in [0, 0.05) is 4.88 Å². The lowest BCUT2D eigenvalue weighted by molar-refractivity contribution is -0.118. The summed E-state index contributed by atoms with van der Waals surface area (Å²) in [6, 6.07) is 11.8. The van der Waals surface area contributed by atoms with E-state index in [1.165, 1.54) is 22.2 Å². The second-order valence-corrected chi connectivity index (χ2v) is 6.84. The number of thiophene rings is 1. The SMILES string of the molecule is Cc1ccsc1CNC(=O)CSc1ncn(-c2ccccc2)n1. The predicted molar refractivity (Wildman–Crippen MR) is 93.0 cm³/mol. The Morgan fingerprint density at radius 2 is 2.13 bits per heavy atom. The summed E-state index contributed by atoms with van der Waals surface area (Å²) in [7, 11) is 0. The fourth-order valence-electron chi connectivity index (χ4n) is 1.96. The number of para-hydroxylation sites is 1. The van der Waals surface area contributed by atoms with Gasteiger partial charge in [-0.1, -0.05) is 30.0 Å². The fourth-order valence-corrected chi connectivity index (χ4v) is 3.44. The molecule has 1 N–H and O–H groups in total. The second kappa shape index (κ2) is 7.43. The first kappa shape index (κ1) is 15.8. The molecular formula is C16H16N4OS2. The summed E-state index contributed by atoms with van der Waals surface area (Å²) < 4.78 is 1.70. The van der Waals surface area contributed by atoms with Crippen LogP contribution in [-0.2, 0) is 11.3 Å². The highest BCUT2D eigenvalue weighted by Gasteiger charge is 2.08. The van der Waals surface area contributed by atoms with Crippen molar-refractivity contribution in [2.45, 2.75) is 18.6 Å². The molecule has 0 bridgehead atoms. The molecule has 0 aliphatic rings. The number of amides is 1. The van der Waals surface area contributed by atoms with E-state index < -0.39 is 0 Å². The van der Waals surface area contributed by atoms with E-state index in [-0.39, 0.29) is 5.91 Å². The lowest BCUT2D eigenvalue weighted by atomic mass is 10.3. The number of aryl methyl sites for hydroxylation is 1. The predicted octanol–water partition coefficient (Wildman–Crippen LogP) is 3.05. The van der Waals surface area contributed by atoms with Crippen LogP contribution in [0.15, 0.2) is 53.3 Å². The van der Waals surface area contributed by atoms with Gasteiger partial charge in [-0.3, -0.25) is 4.79 Å². The van der Waals surface area contributed by atoms with Crippen molar-refractivity contribution in [3.8, 4) is 5.69 Å². The van der Waals surface area contributed by atoms with Crippen LogP contribution in [0.4, 0.5) is 0 Å². The first-order chi connectivity index (χ1) is 11.2. The van der Waals surface area contributed by atoms with Crippen molar-refractivity contribution in [1.29, 1.82) is 0 Å². The number of carbonyl (C=O) groups excluding carboxylic acids is 1. The molecule has 0 atom stereocenters. The lowest BCUT2D eigenvalue weighted by Gasteiger charge is -2.03. The van der Waals surface area contributed by atoms with Crippen LogP contribution in [0.25, 0.3) is 5.69 Å². The number of hydrogen-bond donors (Lipinski definition) is 1. The third-order valence-electron chi connectivity index (χ3n) is 3.24. The molecular weight excluding hydrogens is 328 g/mol. The molecule has 0 aliphatic carbocycles. The maximum atomic E-state index is 11.9. The van der Waals surface area contributed by atoms with Gasteiger partial charge in [-0.05, 0) is 36.1 Å². The molecule has 1 amide bonds. The Balaban J connectivity index is 1.50. The van der Waals surface area contributed by atoms with Gasteiger partial charge in [0.05, 0.1) is 18.0 Å². The molecule has 23 heavy (non-hydrogen) atoms. The number of aromatic nitrogens is 3. The van der Waals surface area contributed by atoms with E-state index in [0.29, 0.717) is 17.5 Å². The number of rotatable bonds is 6. The van der Waals surface area contributed by atoms with Crippen molar-refractivity contribution in [1.82, 2.24) is 20.1 Å². The monoisotopic (exact) mass is 344 g/mol. The van der Waals surface area contributed by atoms with Crippen LogP contribution >= 0.6 is 23.1 Å². The van der Waals surface area contributed by atoms with E-state index >= 15 is 0 Å². The van der Waals surface area contributed by atoms with Gasteiger partial charge >= 0.3 is 0 Å². The lowest BCUT2D eigenvalue weighted by Crippen LogP contribution is -2.24. The molecule has 3 rings (SSSR count). The molecule has 0 saturated heterocycles. The van der Waals surface area contributed by atoms with E-state index in [1.54, 1.807) is 22.3 Å². The van der Waals surface area contributed by atoms with Crippen LogP contribution in [0.5, 0.6) is 0 Å². The highest BCUT2D eigenvalue weighted by atomic mass is 32.2. The highest BCUT2D eigenvalue weighted by Crippen LogP contribution is 2.16. The Morgan fingerprint density at radius 1 is 1.30 bits per heavy atom. The molecule has 0 fully saturated rings. The number of nitrogens with zero attached hydrogens (tertiary/aromatic N) is 3. The molecule has 0 spiro atoms. The molecule has 118 valence electrons. The summed E-state index contributed by atoms with van der Waals surface area (Å²) in [5, 5.41) is 9.92. The standard InChI is InChI=1S/C16H16N4OS2/c1-12-7-8-22-14(12)9-17-15(21)10-23-16-18-11-20(19-16)13-5-3-2-4-6-13/h2-8,11H,9-10H2,1H3,(H,17,21). The Labute approximate surface area is 142 Å². The minimum Gasteiger partial charge on any atom is -0.350 e. The normalized spacial score (nSPS) is 10.7. The number of benzene rings is 1. The topological polar surface area (TPSA) is 59.8 Å². The number of hydrogen-bond acceptors (Lipinski definition) is 5.